The fourth-order valence-electron chi connectivity index (χ4n) is 2.54. The minimum atomic E-state index is -0.433. The third-order valence-corrected chi connectivity index (χ3v) is 3.44. The van der Waals surface area contributed by atoms with Gasteiger partial charge in [0.2, 0.25) is 11.8 Å². The molecule has 1 unspecified atom stereocenters. The number of amides is 2. The van der Waals surface area contributed by atoms with E-state index in [-0.39, 0.29) is 18.4 Å². The SMILES string of the molecule is COCc1cccc(N2CC(=O)NC(CC(C)C)C2=O)c1. The first-order chi connectivity index (χ1) is 10.0. The molecule has 1 aliphatic heterocycles. The van der Waals surface area contributed by atoms with Crippen LogP contribution in [0.4, 0.5) is 5.69 Å². The Morgan fingerprint density at radius 2 is 2.14 bits per heavy atom. The zero-order chi connectivity index (χ0) is 15.4. The lowest BCUT2D eigenvalue weighted by Crippen LogP contribution is -2.58. The van der Waals surface area contributed by atoms with Crippen molar-refractivity contribution in [1.29, 1.82) is 0 Å². The molecule has 1 atom stereocenters. The molecule has 1 fully saturated rings. The molecule has 1 N–H and O–H groups in total. The molecule has 0 saturated carbocycles. The van der Waals surface area contributed by atoms with E-state index < -0.39 is 6.04 Å². The van der Waals surface area contributed by atoms with Crippen LogP contribution in [0, 0.1) is 5.92 Å². The summed E-state index contributed by atoms with van der Waals surface area (Å²) in [6.45, 7) is 4.64. The summed E-state index contributed by atoms with van der Waals surface area (Å²) in [6.07, 6.45) is 0.652. The van der Waals surface area contributed by atoms with Gasteiger partial charge in [-0.05, 0) is 30.0 Å². The van der Waals surface area contributed by atoms with E-state index >= 15 is 0 Å². The average Bonchev–Trinajstić information content (AvgIpc) is 2.42. The van der Waals surface area contributed by atoms with Gasteiger partial charge in [0, 0.05) is 12.8 Å². The van der Waals surface area contributed by atoms with E-state index in [0.717, 1.165) is 11.3 Å². The first kappa shape index (κ1) is 15.5. The summed E-state index contributed by atoms with van der Waals surface area (Å²) < 4.78 is 5.11. The second-order valence-corrected chi connectivity index (χ2v) is 5.78. The van der Waals surface area contributed by atoms with Gasteiger partial charge in [0.15, 0.2) is 0 Å². The van der Waals surface area contributed by atoms with E-state index in [4.69, 9.17) is 4.74 Å². The number of hydrogen-bond donors (Lipinski definition) is 1. The van der Waals surface area contributed by atoms with Crippen LogP contribution >= 0.6 is 0 Å². The van der Waals surface area contributed by atoms with Crippen LogP contribution in [0.2, 0.25) is 0 Å². The maximum absolute atomic E-state index is 12.6. The highest BCUT2D eigenvalue weighted by Crippen LogP contribution is 2.21. The third-order valence-electron chi connectivity index (χ3n) is 3.44. The molecule has 1 aromatic carbocycles. The summed E-state index contributed by atoms with van der Waals surface area (Å²) in [5.74, 6) is 0.189. The van der Waals surface area contributed by atoms with Crippen LogP contribution < -0.4 is 10.2 Å². The van der Waals surface area contributed by atoms with Crippen molar-refractivity contribution in [3.63, 3.8) is 0 Å². The number of anilines is 1. The van der Waals surface area contributed by atoms with E-state index in [1.807, 2.05) is 38.1 Å². The van der Waals surface area contributed by atoms with Crippen molar-refractivity contribution in [2.75, 3.05) is 18.6 Å². The summed E-state index contributed by atoms with van der Waals surface area (Å²) in [5.41, 5.74) is 1.73. The van der Waals surface area contributed by atoms with Gasteiger partial charge >= 0.3 is 0 Å². The van der Waals surface area contributed by atoms with Crippen LogP contribution in [0.5, 0.6) is 0 Å². The van der Waals surface area contributed by atoms with E-state index in [1.165, 1.54) is 0 Å². The number of nitrogens with zero attached hydrogens (tertiary/aromatic N) is 1. The molecule has 114 valence electrons. The molecule has 0 aliphatic carbocycles. The standard InChI is InChI=1S/C16H22N2O3/c1-11(2)7-14-16(20)18(9-15(19)17-14)13-6-4-5-12(8-13)10-21-3/h4-6,8,11,14H,7,9-10H2,1-3H3,(H,17,19). The van der Waals surface area contributed by atoms with E-state index in [0.29, 0.717) is 18.9 Å². The van der Waals surface area contributed by atoms with Gasteiger partial charge in [-0.3, -0.25) is 9.59 Å². The first-order valence-corrected chi connectivity index (χ1v) is 7.20. The molecule has 0 aromatic heterocycles. The molecule has 1 aliphatic rings. The van der Waals surface area contributed by atoms with Crippen LogP contribution in [0.3, 0.4) is 0 Å². The lowest BCUT2D eigenvalue weighted by molar-refractivity contribution is -0.131. The molecule has 0 bridgehead atoms. The van der Waals surface area contributed by atoms with Gasteiger partial charge in [0.1, 0.15) is 12.6 Å². The summed E-state index contributed by atoms with van der Waals surface area (Å²) in [5, 5.41) is 2.78. The number of methoxy groups -OCH3 is 1. The van der Waals surface area contributed by atoms with E-state index in [2.05, 4.69) is 5.32 Å². The third kappa shape index (κ3) is 3.82. The molecule has 0 spiro atoms. The molecule has 1 heterocycles. The highest BCUT2D eigenvalue weighted by Gasteiger charge is 2.33. The smallest absolute Gasteiger partial charge is 0.250 e. The van der Waals surface area contributed by atoms with Gasteiger partial charge in [-0.2, -0.15) is 0 Å². The van der Waals surface area contributed by atoms with Crippen molar-refractivity contribution in [1.82, 2.24) is 5.32 Å². The summed E-state index contributed by atoms with van der Waals surface area (Å²) >= 11 is 0. The lowest BCUT2D eigenvalue weighted by atomic mass is 10.0. The van der Waals surface area contributed by atoms with E-state index in [1.54, 1.807) is 12.0 Å². The van der Waals surface area contributed by atoms with Gasteiger partial charge in [0.05, 0.1) is 6.61 Å². The Morgan fingerprint density at radius 1 is 1.38 bits per heavy atom. The summed E-state index contributed by atoms with van der Waals surface area (Å²) in [7, 11) is 1.63. The van der Waals surface area contributed by atoms with Crippen molar-refractivity contribution in [3.8, 4) is 0 Å². The van der Waals surface area contributed by atoms with Gasteiger partial charge < -0.3 is 15.0 Å². The molecular weight excluding hydrogens is 268 g/mol. The van der Waals surface area contributed by atoms with Crippen molar-refractivity contribution < 1.29 is 14.3 Å². The second-order valence-electron chi connectivity index (χ2n) is 5.78. The predicted octanol–water partition coefficient (Wildman–Crippen LogP) is 1.71. The Balaban J connectivity index is 2.22. The van der Waals surface area contributed by atoms with Gasteiger partial charge in [-0.1, -0.05) is 26.0 Å². The lowest BCUT2D eigenvalue weighted by Gasteiger charge is -2.33. The molecule has 21 heavy (non-hydrogen) atoms. The molecule has 0 radical (unpaired) electrons. The zero-order valence-electron chi connectivity index (χ0n) is 12.8. The number of benzene rings is 1. The minimum absolute atomic E-state index is 0.0436. The number of hydrogen-bond acceptors (Lipinski definition) is 3. The molecule has 1 aromatic rings. The largest absolute Gasteiger partial charge is 0.380 e. The Labute approximate surface area is 125 Å². The topological polar surface area (TPSA) is 58.6 Å². The number of nitrogens with one attached hydrogen (secondary N) is 1. The monoisotopic (exact) mass is 290 g/mol. The second kappa shape index (κ2) is 6.72. The Hall–Kier alpha value is -1.88. The van der Waals surface area contributed by atoms with Crippen LogP contribution in [0.25, 0.3) is 0 Å². The molecule has 5 heteroatoms. The quantitative estimate of drug-likeness (QED) is 0.898. The maximum Gasteiger partial charge on any atom is 0.250 e. The van der Waals surface area contributed by atoms with Gasteiger partial charge in [-0.25, -0.2) is 0 Å². The number of ether oxygens (including phenoxy) is 1. The van der Waals surface area contributed by atoms with Gasteiger partial charge in [0.25, 0.3) is 0 Å². The molecule has 2 amide bonds. The highest BCUT2D eigenvalue weighted by atomic mass is 16.5. The first-order valence-electron chi connectivity index (χ1n) is 7.20. The van der Waals surface area contributed by atoms with Crippen molar-refractivity contribution in [3.05, 3.63) is 29.8 Å². The average molecular weight is 290 g/mol. The number of carbonyl (C=O) groups is 2. The fourth-order valence-corrected chi connectivity index (χ4v) is 2.54. The maximum atomic E-state index is 12.6. The van der Waals surface area contributed by atoms with Crippen LogP contribution in [0.15, 0.2) is 24.3 Å². The number of carbonyl (C=O) groups excluding carboxylic acids is 2. The van der Waals surface area contributed by atoms with Gasteiger partial charge in [-0.15, -0.1) is 0 Å². The molecule has 1 saturated heterocycles. The van der Waals surface area contributed by atoms with Crippen molar-refractivity contribution in [2.24, 2.45) is 5.92 Å². The summed E-state index contributed by atoms with van der Waals surface area (Å²) in [6, 6.07) is 7.13. The Kier molecular flexibility index (Phi) is 4.96. The normalized spacial score (nSPS) is 19.0. The predicted molar refractivity (Wildman–Crippen MR) is 80.9 cm³/mol. The number of piperazine rings is 1. The zero-order valence-corrected chi connectivity index (χ0v) is 12.8. The Bertz CT molecular complexity index is 528. The highest BCUT2D eigenvalue weighted by molar-refractivity contribution is 6.06. The Morgan fingerprint density at radius 3 is 2.81 bits per heavy atom. The summed E-state index contributed by atoms with van der Waals surface area (Å²) in [4.78, 5) is 26.0. The van der Waals surface area contributed by atoms with Crippen LogP contribution in [-0.4, -0.2) is 31.5 Å². The number of rotatable bonds is 5. The molecule has 2 rings (SSSR count). The molecule has 5 nitrogen and oxygen atoms in total. The van der Waals surface area contributed by atoms with Crippen molar-refractivity contribution >= 4 is 17.5 Å². The van der Waals surface area contributed by atoms with E-state index in [9.17, 15) is 9.59 Å². The van der Waals surface area contributed by atoms with Crippen LogP contribution in [0.1, 0.15) is 25.8 Å². The van der Waals surface area contributed by atoms with Crippen LogP contribution in [-0.2, 0) is 20.9 Å². The minimum Gasteiger partial charge on any atom is -0.380 e. The fraction of sp³-hybridized carbons (Fsp3) is 0.500. The van der Waals surface area contributed by atoms with Crippen molar-refractivity contribution in [2.45, 2.75) is 32.9 Å². The molecular formula is C16H22N2O3.